The molecule has 1 aromatic heterocycles. The lowest BCUT2D eigenvalue weighted by atomic mass is 9.96. The van der Waals surface area contributed by atoms with Crippen LogP contribution < -0.4 is 10.1 Å². The number of para-hydroxylation sites is 1. The van der Waals surface area contributed by atoms with E-state index in [1.165, 1.54) is 6.07 Å². The van der Waals surface area contributed by atoms with Crippen molar-refractivity contribution in [2.45, 2.75) is 19.8 Å². The van der Waals surface area contributed by atoms with Crippen molar-refractivity contribution in [3.05, 3.63) is 41.9 Å². The first-order chi connectivity index (χ1) is 12.1. The van der Waals surface area contributed by atoms with Crippen LogP contribution in [0, 0.1) is 18.7 Å². The van der Waals surface area contributed by atoms with E-state index in [4.69, 9.17) is 9.26 Å². The van der Waals surface area contributed by atoms with Gasteiger partial charge < -0.3 is 14.6 Å². The van der Waals surface area contributed by atoms with Gasteiger partial charge in [0.25, 0.3) is 0 Å². The zero-order valence-electron chi connectivity index (χ0n) is 14.2. The summed E-state index contributed by atoms with van der Waals surface area (Å²) in [7, 11) is 0. The molecule has 0 aliphatic carbocycles. The van der Waals surface area contributed by atoms with Crippen LogP contribution in [0.5, 0.6) is 5.75 Å². The highest BCUT2D eigenvalue weighted by Crippen LogP contribution is 2.20. The van der Waals surface area contributed by atoms with E-state index >= 15 is 0 Å². The number of aromatic nitrogens is 1. The number of likely N-dealkylation sites (tertiary alicyclic amines) is 1. The maximum absolute atomic E-state index is 13.5. The zero-order valence-corrected chi connectivity index (χ0v) is 14.2. The maximum Gasteiger partial charge on any atom is 0.228 e. The Kier molecular flexibility index (Phi) is 5.65. The zero-order chi connectivity index (χ0) is 17.6. The van der Waals surface area contributed by atoms with Crippen molar-refractivity contribution in [3.63, 3.8) is 0 Å². The van der Waals surface area contributed by atoms with Crippen LogP contribution >= 0.6 is 0 Å². The molecule has 6 nitrogen and oxygen atoms in total. The number of amides is 1. The quantitative estimate of drug-likeness (QED) is 0.870. The van der Waals surface area contributed by atoms with Crippen molar-refractivity contribution in [2.75, 3.05) is 31.6 Å². The van der Waals surface area contributed by atoms with Gasteiger partial charge >= 0.3 is 0 Å². The molecule has 2 aromatic rings. The Balaban J connectivity index is 1.38. The summed E-state index contributed by atoms with van der Waals surface area (Å²) >= 11 is 0. The highest BCUT2D eigenvalue weighted by molar-refractivity contribution is 5.91. The van der Waals surface area contributed by atoms with Gasteiger partial charge in [-0.15, -0.1) is 0 Å². The SMILES string of the molecule is Cc1cc(NC(=O)C2CCN(CCOc3ccccc3F)CC2)no1. The summed E-state index contributed by atoms with van der Waals surface area (Å²) in [6.07, 6.45) is 1.56. The molecule has 1 N–H and O–H groups in total. The molecule has 0 radical (unpaired) electrons. The second kappa shape index (κ2) is 8.11. The van der Waals surface area contributed by atoms with Crippen LogP contribution in [-0.2, 0) is 4.79 Å². The molecule has 25 heavy (non-hydrogen) atoms. The summed E-state index contributed by atoms with van der Waals surface area (Å²) in [5, 5.41) is 6.57. The molecular formula is C18H22FN3O3. The third kappa shape index (κ3) is 4.79. The van der Waals surface area contributed by atoms with E-state index in [1.807, 2.05) is 0 Å². The average Bonchev–Trinajstić information content (AvgIpc) is 3.02. The summed E-state index contributed by atoms with van der Waals surface area (Å²) in [5.74, 6) is 1.01. The fourth-order valence-corrected chi connectivity index (χ4v) is 2.92. The van der Waals surface area contributed by atoms with Gasteiger partial charge in [0.2, 0.25) is 5.91 Å². The van der Waals surface area contributed by atoms with E-state index < -0.39 is 0 Å². The number of halogens is 1. The molecule has 0 atom stereocenters. The van der Waals surface area contributed by atoms with Gasteiger partial charge in [-0.1, -0.05) is 17.3 Å². The van der Waals surface area contributed by atoms with E-state index in [-0.39, 0.29) is 23.4 Å². The number of benzene rings is 1. The van der Waals surface area contributed by atoms with Crippen LogP contribution in [0.3, 0.4) is 0 Å². The van der Waals surface area contributed by atoms with Crippen molar-refractivity contribution >= 4 is 11.7 Å². The topological polar surface area (TPSA) is 67.6 Å². The molecule has 1 fully saturated rings. The van der Waals surface area contributed by atoms with Crippen LogP contribution in [0.1, 0.15) is 18.6 Å². The van der Waals surface area contributed by atoms with Crippen LogP contribution in [-0.4, -0.2) is 42.2 Å². The maximum atomic E-state index is 13.5. The second-order valence-electron chi connectivity index (χ2n) is 6.21. The molecule has 1 saturated heterocycles. The Labute approximate surface area is 145 Å². The molecule has 1 aliphatic heterocycles. The van der Waals surface area contributed by atoms with Crippen LogP contribution in [0.4, 0.5) is 10.2 Å². The van der Waals surface area contributed by atoms with Gasteiger partial charge in [-0.25, -0.2) is 4.39 Å². The number of nitrogens with one attached hydrogen (secondary N) is 1. The molecule has 0 bridgehead atoms. The first-order valence-electron chi connectivity index (χ1n) is 8.45. The summed E-state index contributed by atoms with van der Waals surface area (Å²) in [4.78, 5) is 14.5. The number of piperidine rings is 1. The van der Waals surface area contributed by atoms with E-state index in [0.29, 0.717) is 24.7 Å². The number of ether oxygens (including phenoxy) is 1. The number of hydrogen-bond donors (Lipinski definition) is 1. The molecule has 0 unspecified atom stereocenters. The molecule has 7 heteroatoms. The van der Waals surface area contributed by atoms with Gasteiger partial charge in [0.1, 0.15) is 12.4 Å². The van der Waals surface area contributed by atoms with Crippen LogP contribution in [0.15, 0.2) is 34.9 Å². The summed E-state index contributed by atoms with van der Waals surface area (Å²) in [6, 6.07) is 8.09. The number of nitrogens with zero attached hydrogens (tertiary/aromatic N) is 2. The highest BCUT2D eigenvalue weighted by atomic mass is 19.1. The Bertz CT molecular complexity index is 711. The van der Waals surface area contributed by atoms with Gasteiger partial charge in [0.15, 0.2) is 17.4 Å². The molecule has 1 aliphatic rings. The molecule has 1 aromatic carbocycles. The van der Waals surface area contributed by atoms with Crippen molar-refractivity contribution in [3.8, 4) is 5.75 Å². The first-order valence-corrected chi connectivity index (χ1v) is 8.45. The minimum absolute atomic E-state index is 0.0180. The predicted octanol–water partition coefficient (Wildman–Crippen LogP) is 2.85. The highest BCUT2D eigenvalue weighted by Gasteiger charge is 2.25. The fourth-order valence-electron chi connectivity index (χ4n) is 2.92. The summed E-state index contributed by atoms with van der Waals surface area (Å²) in [5.41, 5.74) is 0. The van der Waals surface area contributed by atoms with Gasteiger partial charge in [-0.05, 0) is 45.0 Å². The van der Waals surface area contributed by atoms with Gasteiger partial charge in [0.05, 0.1) is 0 Å². The molecular weight excluding hydrogens is 325 g/mol. The first kappa shape index (κ1) is 17.4. The Hall–Kier alpha value is -2.41. The van der Waals surface area contributed by atoms with E-state index in [2.05, 4.69) is 15.4 Å². The Morgan fingerprint density at radius 1 is 1.40 bits per heavy atom. The third-order valence-corrected chi connectivity index (χ3v) is 4.34. The second-order valence-corrected chi connectivity index (χ2v) is 6.21. The molecule has 0 spiro atoms. The Morgan fingerprint density at radius 3 is 2.84 bits per heavy atom. The smallest absolute Gasteiger partial charge is 0.228 e. The molecule has 3 rings (SSSR count). The van der Waals surface area contributed by atoms with E-state index in [9.17, 15) is 9.18 Å². The van der Waals surface area contributed by atoms with E-state index in [1.54, 1.807) is 31.2 Å². The lowest BCUT2D eigenvalue weighted by Gasteiger charge is -2.30. The van der Waals surface area contributed by atoms with Crippen molar-refractivity contribution < 1.29 is 18.4 Å². The normalized spacial score (nSPS) is 15.9. The average molecular weight is 347 g/mol. The van der Waals surface area contributed by atoms with E-state index in [0.717, 1.165) is 25.9 Å². The van der Waals surface area contributed by atoms with Crippen molar-refractivity contribution in [1.29, 1.82) is 0 Å². The van der Waals surface area contributed by atoms with Gasteiger partial charge in [-0.3, -0.25) is 9.69 Å². The summed E-state index contributed by atoms with van der Waals surface area (Å²) < 4.78 is 23.9. The minimum Gasteiger partial charge on any atom is -0.489 e. The number of carbonyl (C=O) groups excluding carboxylic acids is 1. The third-order valence-electron chi connectivity index (χ3n) is 4.34. The predicted molar refractivity (Wildman–Crippen MR) is 90.9 cm³/mol. The molecule has 134 valence electrons. The van der Waals surface area contributed by atoms with Crippen LogP contribution in [0.2, 0.25) is 0 Å². The minimum atomic E-state index is -0.346. The Morgan fingerprint density at radius 2 is 2.16 bits per heavy atom. The van der Waals surface area contributed by atoms with Crippen LogP contribution in [0.25, 0.3) is 0 Å². The molecule has 0 saturated carbocycles. The standard InChI is InChI=1S/C18H22FN3O3/c1-13-12-17(21-25-13)20-18(23)14-6-8-22(9-7-14)10-11-24-16-5-3-2-4-15(16)19/h2-5,12,14H,6-11H2,1H3,(H,20,21,23). The number of anilines is 1. The van der Waals surface area contributed by atoms with Gasteiger partial charge in [0, 0.05) is 18.5 Å². The lowest BCUT2D eigenvalue weighted by molar-refractivity contribution is -0.121. The number of rotatable bonds is 6. The number of hydrogen-bond acceptors (Lipinski definition) is 5. The lowest BCUT2D eigenvalue weighted by Crippen LogP contribution is -2.40. The largest absolute Gasteiger partial charge is 0.489 e. The molecule has 2 heterocycles. The van der Waals surface area contributed by atoms with Gasteiger partial charge in [-0.2, -0.15) is 0 Å². The summed E-state index contributed by atoms with van der Waals surface area (Å²) in [6.45, 7) is 4.55. The monoisotopic (exact) mass is 347 g/mol. The number of aryl methyl sites for hydroxylation is 1. The number of carbonyl (C=O) groups is 1. The fraction of sp³-hybridized carbons (Fsp3) is 0.444. The van der Waals surface area contributed by atoms with Crippen molar-refractivity contribution in [2.24, 2.45) is 5.92 Å². The molecule has 1 amide bonds. The van der Waals surface area contributed by atoms with Crippen molar-refractivity contribution in [1.82, 2.24) is 10.1 Å².